The fourth-order valence-electron chi connectivity index (χ4n) is 3.27. The van der Waals surface area contributed by atoms with Gasteiger partial charge in [-0.05, 0) is 37.8 Å². The van der Waals surface area contributed by atoms with Crippen LogP contribution in [-0.2, 0) is 9.59 Å². The molecule has 2 aliphatic rings. The van der Waals surface area contributed by atoms with Gasteiger partial charge in [-0.1, -0.05) is 36.7 Å². The summed E-state index contributed by atoms with van der Waals surface area (Å²) in [5, 5.41) is 0.0502. The summed E-state index contributed by atoms with van der Waals surface area (Å²) < 4.78 is 0. The number of benzene rings is 1. The van der Waals surface area contributed by atoms with E-state index in [1.807, 2.05) is 11.0 Å². The molecule has 0 aromatic heterocycles. The second kappa shape index (κ2) is 6.13. The Morgan fingerprint density at radius 3 is 2.55 bits per heavy atom. The van der Waals surface area contributed by atoms with Gasteiger partial charge in [-0.3, -0.25) is 9.59 Å². The molecule has 3 rings (SSSR count). The average Bonchev–Trinajstić information content (AvgIpc) is 2.78. The number of anilines is 1. The average molecular weight is 319 g/mol. The summed E-state index contributed by atoms with van der Waals surface area (Å²) in [6, 6.07) is 9.23. The van der Waals surface area contributed by atoms with Gasteiger partial charge in [0, 0.05) is 12.6 Å². The summed E-state index contributed by atoms with van der Waals surface area (Å²) in [6.45, 7) is 2.89. The lowest BCUT2D eigenvalue weighted by atomic mass is 9.99. The summed E-state index contributed by atoms with van der Waals surface area (Å²) in [7, 11) is 0. The second-order valence-corrected chi connectivity index (χ2v) is 6.07. The van der Waals surface area contributed by atoms with Gasteiger partial charge in [-0.15, -0.1) is 0 Å². The van der Waals surface area contributed by atoms with Crippen molar-refractivity contribution in [2.75, 3.05) is 11.4 Å². The third-order valence-corrected chi connectivity index (χ3v) is 4.75. The van der Waals surface area contributed by atoms with Gasteiger partial charge in [0.1, 0.15) is 10.7 Å². The third kappa shape index (κ3) is 2.41. The zero-order valence-corrected chi connectivity index (χ0v) is 13.3. The van der Waals surface area contributed by atoms with Crippen molar-refractivity contribution >= 4 is 29.1 Å². The largest absolute Gasteiger partial charge is 0.363 e. The number of hydrogen-bond acceptors (Lipinski definition) is 3. The fourth-order valence-corrected chi connectivity index (χ4v) is 3.55. The first-order chi connectivity index (χ1) is 10.6. The summed E-state index contributed by atoms with van der Waals surface area (Å²) in [5.74, 6) is -0.727. The quantitative estimate of drug-likeness (QED) is 0.803. The molecular weight excluding hydrogens is 300 g/mol. The van der Waals surface area contributed by atoms with Crippen LogP contribution in [0.15, 0.2) is 41.1 Å². The molecule has 1 aromatic carbocycles. The molecule has 116 valence electrons. The topological polar surface area (TPSA) is 40.6 Å². The standard InChI is InChI=1S/C17H19ClN2O2/c1-2-12-8-6-7-11-19(12)15-14(18)16(21)20(17(15)22)13-9-4-3-5-10-13/h3-5,9-10,12H,2,6-8,11H2,1H3. The van der Waals surface area contributed by atoms with Crippen molar-refractivity contribution in [3.63, 3.8) is 0 Å². The van der Waals surface area contributed by atoms with Crippen LogP contribution in [0, 0.1) is 0 Å². The molecule has 1 unspecified atom stereocenters. The number of rotatable bonds is 3. The zero-order chi connectivity index (χ0) is 15.7. The van der Waals surface area contributed by atoms with Gasteiger partial charge in [0.15, 0.2) is 0 Å². The van der Waals surface area contributed by atoms with Crippen molar-refractivity contribution in [2.24, 2.45) is 0 Å². The van der Waals surface area contributed by atoms with Crippen LogP contribution >= 0.6 is 11.6 Å². The molecule has 5 heteroatoms. The maximum absolute atomic E-state index is 12.8. The minimum Gasteiger partial charge on any atom is -0.363 e. The van der Waals surface area contributed by atoms with E-state index in [1.54, 1.807) is 24.3 Å². The molecule has 2 heterocycles. The summed E-state index contributed by atoms with van der Waals surface area (Å²) in [4.78, 5) is 28.5. The highest BCUT2D eigenvalue weighted by Gasteiger charge is 2.43. The van der Waals surface area contributed by atoms with E-state index in [0.29, 0.717) is 11.4 Å². The first kappa shape index (κ1) is 15.1. The maximum Gasteiger partial charge on any atom is 0.283 e. The predicted octanol–water partition coefficient (Wildman–Crippen LogP) is 3.27. The molecule has 0 aliphatic carbocycles. The van der Waals surface area contributed by atoms with Crippen molar-refractivity contribution in [1.82, 2.24) is 4.90 Å². The van der Waals surface area contributed by atoms with Gasteiger partial charge in [-0.2, -0.15) is 0 Å². The second-order valence-electron chi connectivity index (χ2n) is 5.70. The summed E-state index contributed by atoms with van der Waals surface area (Å²) >= 11 is 6.25. The molecule has 2 amide bonds. The normalized spacial score (nSPS) is 22.7. The van der Waals surface area contributed by atoms with Crippen molar-refractivity contribution in [2.45, 2.75) is 38.6 Å². The summed E-state index contributed by atoms with van der Waals surface area (Å²) in [6.07, 6.45) is 4.17. The van der Waals surface area contributed by atoms with Crippen LogP contribution in [0.25, 0.3) is 0 Å². The Kier molecular flexibility index (Phi) is 4.21. The molecule has 2 aliphatic heterocycles. The predicted molar refractivity (Wildman–Crippen MR) is 86.5 cm³/mol. The lowest BCUT2D eigenvalue weighted by Gasteiger charge is -2.37. The molecule has 0 saturated carbocycles. The number of para-hydroxylation sites is 1. The van der Waals surface area contributed by atoms with Gasteiger partial charge in [0.05, 0.1) is 5.69 Å². The highest BCUT2D eigenvalue weighted by Crippen LogP contribution is 2.34. The van der Waals surface area contributed by atoms with E-state index in [4.69, 9.17) is 11.6 Å². The minimum absolute atomic E-state index is 0.0502. The van der Waals surface area contributed by atoms with Crippen LogP contribution in [0.3, 0.4) is 0 Å². The number of hydrogen-bond donors (Lipinski definition) is 0. The molecule has 1 atom stereocenters. The fraction of sp³-hybridized carbons (Fsp3) is 0.412. The molecule has 22 heavy (non-hydrogen) atoms. The van der Waals surface area contributed by atoms with Crippen molar-refractivity contribution in [3.05, 3.63) is 41.1 Å². The highest BCUT2D eigenvalue weighted by atomic mass is 35.5. The van der Waals surface area contributed by atoms with Gasteiger partial charge >= 0.3 is 0 Å². The van der Waals surface area contributed by atoms with E-state index in [-0.39, 0.29) is 17.0 Å². The Labute approximate surface area is 135 Å². The van der Waals surface area contributed by atoms with Gasteiger partial charge in [0.2, 0.25) is 0 Å². The number of likely N-dealkylation sites (tertiary alicyclic amines) is 1. The molecule has 0 spiro atoms. The van der Waals surface area contributed by atoms with Crippen LogP contribution in [0.5, 0.6) is 0 Å². The van der Waals surface area contributed by atoms with E-state index < -0.39 is 5.91 Å². The minimum atomic E-state index is -0.423. The molecular formula is C17H19ClN2O2. The first-order valence-electron chi connectivity index (χ1n) is 7.75. The number of carbonyl (C=O) groups is 2. The van der Waals surface area contributed by atoms with E-state index in [0.717, 1.165) is 32.2 Å². The van der Waals surface area contributed by atoms with Crippen LogP contribution in [0.1, 0.15) is 32.6 Å². The Balaban J connectivity index is 1.95. The Morgan fingerprint density at radius 1 is 1.14 bits per heavy atom. The number of piperidine rings is 1. The van der Waals surface area contributed by atoms with Crippen molar-refractivity contribution in [1.29, 1.82) is 0 Å². The summed E-state index contributed by atoms with van der Waals surface area (Å²) in [5.41, 5.74) is 0.942. The van der Waals surface area contributed by atoms with Crippen LogP contribution < -0.4 is 4.90 Å². The Hall–Kier alpha value is -1.81. The Bertz CT molecular complexity index is 627. The number of amides is 2. The first-order valence-corrected chi connectivity index (χ1v) is 8.13. The SMILES string of the molecule is CCC1CCCCN1C1=C(Cl)C(=O)N(c2ccccc2)C1=O. The van der Waals surface area contributed by atoms with Gasteiger partial charge in [0.25, 0.3) is 11.8 Å². The van der Waals surface area contributed by atoms with E-state index in [2.05, 4.69) is 6.92 Å². The molecule has 4 nitrogen and oxygen atoms in total. The maximum atomic E-state index is 12.8. The van der Waals surface area contributed by atoms with E-state index in [1.165, 1.54) is 4.90 Å². The lowest BCUT2D eigenvalue weighted by molar-refractivity contribution is -0.121. The van der Waals surface area contributed by atoms with Crippen LogP contribution in [0.4, 0.5) is 5.69 Å². The monoisotopic (exact) mass is 318 g/mol. The molecule has 1 fully saturated rings. The number of imide groups is 1. The number of nitrogens with zero attached hydrogens (tertiary/aromatic N) is 2. The molecule has 1 aromatic rings. The van der Waals surface area contributed by atoms with Crippen LogP contribution in [-0.4, -0.2) is 29.3 Å². The van der Waals surface area contributed by atoms with E-state index in [9.17, 15) is 9.59 Å². The van der Waals surface area contributed by atoms with Crippen molar-refractivity contribution < 1.29 is 9.59 Å². The van der Waals surface area contributed by atoms with Gasteiger partial charge in [-0.25, -0.2) is 4.90 Å². The third-order valence-electron chi connectivity index (χ3n) is 4.40. The smallest absolute Gasteiger partial charge is 0.283 e. The number of carbonyl (C=O) groups excluding carboxylic acids is 2. The molecule has 0 radical (unpaired) electrons. The van der Waals surface area contributed by atoms with Crippen LogP contribution in [0.2, 0.25) is 0 Å². The molecule has 0 bridgehead atoms. The van der Waals surface area contributed by atoms with E-state index >= 15 is 0 Å². The van der Waals surface area contributed by atoms with Crippen molar-refractivity contribution in [3.8, 4) is 0 Å². The van der Waals surface area contributed by atoms with Gasteiger partial charge < -0.3 is 4.90 Å². The zero-order valence-electron chi connectivity index (χ0n) is 12.6. The highest BCUT2D eigenvalue weighted by molar-refractivity contribution is 6.52. The molecule has 0 N–H and O–H groups in total. The molecule has 1 saturated heterocycles. The Morgan fingerprint density at radius 2 is 1.86 bits per heavy atom. The lowest BCUT2D eigenvalue weighted by Crippen LogP contribution is -2.42. The number of halogens is 1.